The van der Waals surface area contributed by atoms with E-state index < -0.39 is 0 Å². The van der Waals surface area contributed by atoms with Gasteiger partial charge in [0.2, 0.25) is 0 Å². The zero-order valence-corrected chi connectivity index (χ0v) is 11.9. The summed E-state index contributed by atoms with van der Waals surface area (Å²) in [5, 5.41) is 3.42. The van der Waals surface area contributed by atoms with Crippen LogP contribution in [0, 0.1) is 5.41 Å². The van der Waals surface area contributed by atoms with Crippen molar-refractivity contribution in [1.29, 1.82) is 0 Å². The number of hydrogen-bond acceptors (Lipinski definition) is 3. The normalized spacial score (nSPS) is 22.0. The van der Waals surface area contributed by atoms with Gasteiger partial charge in [0.15, 0.2) is 0 Å². The average molecular weight is 261 g/mol. The standard InChI is InChI=1S/C16H23NO2/c1-18-14-7-13(8-15(9-14)19-2)12-3-5-16(6-4-12)10-17-11-16/h7-9,12,17H,3-6,10-11H2,1-2H3. The van der Waals surface area contributed by atoms with E-state index in [0.29, 0.717) is 11.3 Å². The molecular weight excluding hydrogens is 238 g/mol. The van der Waals surface area contributed by atoms with E-state index in [4.69, 9.17) is 9.47 Å². The highest BCUT2D eigenvalue weighted by Crippen LogP contribution is 2.46. The van der Waals surface area contributed by atoms with Crippen LogP contribution in [0.3, 0.4) is 0 Å². The van der Waals surface area contributed by atoms with E-state index in [2.05, 4.69) is 17.4 Å². The first-order valence-electron chi connectivity index (χ1n) is 7.18. The maximum absolute atomic E-state index is 5.37. The summed E-state index contributed by atoms with van der Waals surface area (Å²) in [5.74, 6) is 2.47. The molecule has 3 heteroatoms. The van der Waals surface area contributed by atoms with Crippen LogP contribution in [-0.2, 0) is 0 Å². The van der Waals surface area contributed by atoms with Crippen molar-refractivity contribution in [1.82, 2.24) is 5.32 Å². The summed E-state index contributed by atoms with van der Waals surface area (Å²) in [6, 6.07) is 6.29. The lowest BCUT2D eigenvalue weighted by molar-refractivity contribution is 0.0974. The van der Waals surface area contributed by atoms with E-state index in [0.717, 1.165) is 11.5 Å². The van der Waals surface area contributed by atoms with Gasteiger partial charge in [0.1, 0.15) is 11.5 Å². The van der Waals surface area contributed by atoms with Gasteiger partial charge in [-0.15, -0.1) is 0 Å². The molecule has 1 aromatic carbocycles. The van der Waals surface area contributed by atoms with Crippen LogP contribution in [0.4, 0.5) is 0 Å². The quantitative estimate of drug-likeness (QED) is 0.907. The summed E-state index contributed by atoms with van der Waals surface area (Å²) in [6.45, 7) is 2.45. The first-order chi connectivity index (χ1) is 9.24. The van der Waals surface area contributed by atoms with Crippen LogP contribution < -0.4 is 14.8 Å². The fourth-order valence-corrected chi connectivity index (χ4v) is 3.46. The molecule has 1 aliphatic carbocycles. The molecule has 0 amide bonds. The number of benzene rings is 1. The third-order valence-electron chi connectivity index (χ3n) is 4.89. The second-order valence-electron chi connectivity index (χ2n) is 6.02. The molecule has 0 bridgehead atoms. The van der Waals surface area contributed by atoms with Crippen LogP contribution >= 0.6 is 0 Å². The van der Waals surface area contributed by atoms with Crippen LogP contribution in [0.25, 0.3) is 0 Å². The molecule has 1 saturated heterocycles. The molecule has 104 valence electrons. The second kappa shape index (κ2) is 5.04. The summed E-state index contributed by atoms with van der Waals surface area (Å²) in [6.07, 6.45) is 5.28. The molecular formula is C16H23NO2. The lowest BCUT2D eigenvalue weighted by Gasteiger charge is -2.47. The topological polar surface area (TPSA) is 30.5 Å². The molecule has 1 aliphatic heterocycles. The molecule has 0 radical (unpaired) electrons. The Morgan fingerprint density at radius 3 is 2.00 bits per heavy atom. The van der Waals surface area contributed by atoms with Crippen molar-refractivity contribution < 1.29 is 9.47 Å². The molecule has 1 N–H and O–H groups in total. The molecule has 2 fully saturated rings. The van der Waals surface area contributed by atoms with Gasteiger partial charge in [-0.3, -0.25) is 0 Å². The number of rotatable bonds is 3. The van der Waals surface area contributed by atoms with Gasteiger partial charge in [-0.25, -0.2) is 0 Å². The minimum absolute atomic E-state index is 0.624. The molecule has 1 heterocycles. The van der Waals surface area contributed by atoms with Crippen LogP contribution in [0.1, 0.15) is 37.2 Å². The largest absolute Gasteiger partial charge is 0.497 e. The van der Waals surface area contributed by atoms with E-state index in [1.54, 1.807) is 14.2 Å². The summed E-state index contributed by atoms with van der Waals surface area (Å²) < 4.78 is 10.7. The number of ether oxygens (including phenoxy) is 2. The average Bonchev–Trinajstić information content (AvgIpc) is 2.45. The fraction of sp³-hybridized carbons (Fsp3) is 0.625. The number of methoxy groups -OCH3 is 2. The third-order valence-corrected chi connectivity index (χ3v) is 4.89. The Bertz CT molecular complexity index is 422. The van der Waals surface area contributed by atoms with Crippen molar-refractivity contribution >= 4 is 0 Å². The summed E-state index contributed by atoms with van der Waals surface area (Å²) >= 11 is 0. The Hall–Kier alpha value is -1.22. The molecule has 0 atom stereocenters. The molecule has 2 aliphatic rings. The van der Waals surface area contributed by atoms with E-state index in [-0.39, 0.29) is 0 Å². The molecule has 0 unspecified atom stereocenters. The lowest BCUT2D eigenvalue weighted by Crippen LogP contribution is -2.54. The van der Waals surface area contributed by atoms with Crippen molar-refractivity contribution in [3.8, 4) is 11.5 Å². The highest BCUT2D eigenvalue weighted by Gasteiger charge is 2.40. The molecule has 0 aromatic heterocycles. The van der Waals surface area contributed by atoms with Crippen molar-refractivity contribution in [3.63, 3.8) is 0 Å². The number of hydrogen-bond donors (Lipinski definition) is 1. The van der Waals surface area contributed by atoms with E-state index in [1.165, 1.54) is 44.3 Å². The van der Waals surface area contributed by atoms with Crippen molar-refractivity contribution in [2.45, 2.75) is 31.6 Å². The summed E-state index contributed by atoms with van der Waals surface area (Å²) in [4.78, 5) is 0. The zero-order valence-electron chi connectivity index (χ0n) is 11.9. The molecule has 19 heavy (non-hydrogen) atoms. The lowest BCUT2D eigenvalue weighted by atomic mass is 9.66. The van der Waals surface area contributed by atoms with Gasteiger partial charge in [0.05, 0.1) is 14.2 Å². The van der Waals surface area contributed by atoms with Crippen molar-refractivity contribution in [2.75, 3.05) is 27.3 Å². The first kappa shape index (κ1) is 12.8. The highest BCUT2D eigenvalue weighted by molar-refractivity contribution is 5.40. The smallest absolute Gasteiger partial charge is 0.122 e. The predicted molar refractivity (Wildman–Crippen MR) is 76.1 cm³/mol. The summed E-state index contributed by atoms with van der Waals surface area (Å²) in [5.41, 5.74) is 2.00. The van der Waals surface area contributed by atoms with Crippen LogP contribution in [-0.4, -0.2) is 27.3 Å². The van der Waals surface area contributed by atoms with Gasteiger partial charge < -0.3 is 14.8 Å². The monoisotopic (exact) mass is 261 g/mol. The van der Waals surface area contributed by atoms with Crippen LogP contribution in [0.2, 0.25) is 0 Å². The SMILES string of the molecule is COc1cc(OC)cc(C2CCC3(CC2)CNC3)c1. The van der Waals surface area contributed by atoms with Gasteiger partial charge in [-0.05, 0) is 54.7 Å². The van der Waals surface area contributed by atoms with Crippen molar-refractivity contribution in [2.24, 2.45) is 5.41 Å². The van der Waals surface area contributed by atoms with Gasteiger partial charge in [0.25, 0.3) is 0 Å². The van der Waals surface area contributed by atoms with Gasteiger partial charge in [0, 0.05) is 19.2 Å². The highest BCUT2D eigenvalue weighted by atomic mass is 16.5. The van der Waals surface area contributed by atoms with Crippen LogP contribution in [0.15, 0.2) is 18.2 Å². The van der Waals surface area contributed by atoms with Crippen molar-refractivity contribution in [3.05, 3.63) is 23.8 Å². The Kier molecular flexibility index (Phi) is 3.40. The van der Waals surface area contributed by atoms with E-state index >= 15 is 0 Å². The molecule has 1 aromatic rings. The molecule has 3 nitrogen and oxygen atoms in total. The molecule has 3 rings (SSSR count). The fourth-order valence-electron chi connectivity index (χ4n) is 3.46. The summed E-state index contributed by atoms with van der Waals surface area (Å²) in [7, 11) is 3.43. The molecule has 1 spiro atoms. The minimum Gasteiger partial charge on any atom is -0.497 e. The van der Waals surface area contributed by atoms with Gasteiger partial charge >= 0.3 is 0 Å². The Morgan fingerprint density at radius 1 is 1.00 bits per heavy atom. The predicted octanol–water partition coefficient (Wildman–Crippen LogP) is 2.95. The number of nitrogens with one attached hydrogen (secondary N) is 1. The van der Waals surface area contributed by atoms with Gasteiger partial charge in [-0.1, -0.05) is 0 Å². The maximum atomic E-state index is 5.37. The Balaban J connectivity index is 1.75. The molecule has 1 saturated carbocycles. The third kappa shape index (κ3) is 2.44. The van der Waals surface area contributed by atoms with E-state index in [1.807, 2.05) is 6.07 Å². The minimum atomic E-state index is 0.624. The Morgan fingerprint density at radius 2 is 1.58 bits per heavy atom. The Labute approximate surface area is 115 Å². The zero-order chi connectivity index (χ0) is 13.3. The van der Waals surface area contributed by atoms with Gasteiger partial charge in [-0.2, -0.15) is 0 Å². The first-order valence-corrected chi connectivity index (χ1v) is 7.18. The maximum Gasteiger partial charge on any atom is 0.122 e. The van der Waals surface area contributed by atoms with E-state index in [9.17, 15) is 0 Å². The second-order valence-corrected chi connectivity index (χ2v) is 6.02. The van der Waals surface area contributed by atoms with Crippen LogP contribution in [0.5, 0.6) is 11.5 Å².